The Bertz CT molecular complexity index is 611. The Labute approximate surface area is 116 Å². The molecule has 0 aliphatic heterocycles. The van der Waals surface area contributed by atoms with E-state index >= 15 is 0 Å². The zero-order valence-corrected chi connectivity index (χ0v) is 11.4. The Morgan fingerprint density at radius 1 is 1.00 bits per heavy atom. The summed E-state index contributed by atoms with van der Waals surface area (Å²) in [5, 5.41) is 2.91. The predicted octanol–water partition coefficient (Wildman–Crippen LogP) is 3.92. The van der Waals surface area contributed by atoms with E-state index in [1.54, 1.807) is 25.2 Å². The lowest BCUT2D eigenvalue weighted by Crippen LogP contribution is -2.21. The summed E-state index contributed by atoms with van der Waals surface area (Å²) in [5.41, 5.74) is 0.929. The maximum absolute atomic E-state index is 14.0. The van der Waals surface area contributed by atoms with Crippen LogP contribution in [0.3, 0.4) is 0 Å². The van der Waals surface area contributed by atoms with Crippen LogP contribution < -0.4 is 5.32 Å². The molecule has 1 atom stereocenters. The SMILES string of the molecule is CNC(Cc1ccccc1F)c1cc(F)c(C)cc1F. The molecular weight excluding hydrogens is 263 g/mol. The lowest BCUT2D eigenvalue weighted by Gasteiger charge is -2.18. The van der Waals surface area contributed by atoms with Crippen molar-refractivity contribution in [2.24, 2.45) is 0 Å². The Balaban J connectivity index is 2.34. The summed E-state index contributed by atoms with van der Waals surface area (Å²) in [6.07, 6.45) is 0.253. The summed E-state index contributed by atoms with van der Waals surface area (Å²) < 4.78 is 41.2. The Hall–Kier alpha value is -1.81. The van der Waals surface area contributed by atoms with Gasteiger partial charge in [0.2, 0.25) is 0 Å². The first-order valence-corrected chi connectivity index (χ1v) is 6.39. The van der Waals surface area contributed by atoms with Crippen molar-refractivity contribution in [3.63, 3.8) is 0 Å². The highest BCUT2D eigenvalue weighted by molar-refractivity contribution is 5.30. The van der Waals surface area contributed by atoms with E-state index in [0.717, 1.165) is 6.07 Å². The fraction of sp³-hybridized carbons (Fsp3) is 0.250. The van der Waals surface area contributed by atoms with Crippen molar-refractivity contribution in [3.05, 3.63) is 70.5 Å². The van der Waals surface area contributed by atoms with Crippen molar-refractivity contribution in [2.75, 3.05) is 7.05 Å². The van der Waals surface area contributed by atoms with Crippen molar-refractivity contribution in [2.45, 2.75) is 19.4 Å². The van der Waals surface area contributed by atoms with Gasteiger partial charge in [-0.3, -0.25) is 0 Å². The molecule has 4 heteroatoms. The summed E-state index contributed by atoms with van der Waals surface area (Å²) in [6.45, 7) is 1.51. The zero-order chi connectivity index (χ0) is 14.7. The molecular formula is C16H16F3N. The highest BCUT2D eigenvalue weighted by atomic mass is 19.1. The van der Waals surface area contributed by atoms with E-state index in [0.29, 0.717) is 5.56 Å². The van der Waals surface area contributed by atoms with Crippen molar-refractivity contribution in [1.29, 1.82) is 0 Å². The Kier molecular flexibility index (Phi) is 4.45. The van der Waals surface area contributed by atoms with Crippen LogP contribution in [-0.2, 0) is 6.42 Å². The van der Waals surface area contributed by atoms with Gasteiger partial charge in [0, 0.05) is 11.6 Å². The lowest BCUT2D eigenvalue weighted by molar-refractivity contribution is 0.510. The second-order valence-electron chi connectivity index (χ2n) is 4.76. The molecule has 0 spiro atoms. The van der Waals surface area contributed by atoms with E-state index in [2.05, 4.69) is 5.32 Å². The van der Waals surface area contributed by atoms with Gasteiger partial charge in [-0.25, -0.2) is 13.2 Å². The van der Waals surface area contributed by atoms with E-state index in [4.69, 9.17) is 0 Å². The van der Waals surface area contributed by atoms with Crippen LogP contribution >= 0.6 is 0 Å². The first kappa shape index (κ1) is 14.6. The van der Waals surface area contributed by atoms with E-state index in [1.165, 1.54) is 19.1 Å². The van der Waals surface area contributed by atoms with Crippen LogP contribution in [-0.4, -0.2) is 7.05 Å². The van der Waals surface area contributed by atoms with Gasteiger partial charge in [-0.15, -0.1) is 0 Å². The van der Waals surface area contributed by atoms with Gasteiger partial charge >= 0.3 is 0 Å². The van der Waals surface area contributed by atoms with Crippen LogP contribution in [0, 0.1) is 24.4 Å². The van der Waals surface area contributed by atoms with Crippen molar-refractivity contribution >= 4 is 0 Å². The number of benzene rings is 2. The molecule has 1 N–H and O–H groups in total. The third-order valence-electron chi connectivity index (χ3n) is 3.38. The minimum Gasteiger partial charge on any atom is -0.313 e. The number of rotatable bonds is 4. The van der Waals surface area contributed by atoms with Crippen molar-refractivity contribution < 1.29 is 13.2 Å². The number of halogens is 3. The van der Waals surface area contributed by atoms with E-state index in [-0.39, 0.29) is 23.4 Å². The fourth-order valence-corrected chi connectivity index (χ4v) is 2.18. The number of likely N-dealkylation sites (N-methyl/N-ethyl adjacent to an activating group) is 1. The quantitative estimate of drug-likeness (QED) is 0.894. The number of aryl methyl sites for hydroxylation is 1. The fourth-order valence-electron chi connectivity index (χ4n) is 2.18. The van der Waals surface area contributed by atoms with Gasteiger partial charge < -0.3 is 5.32 Å². The molecule has 0 heterocycles. The van der Waals surface area contributed by atoms with Crippen LogP contribution in [0.1, 0.15) is 22.7 Å². The standard InChI is InChI=1S/C16H16F3N/c1-10-7-15(19)12(9-14(10)18)16(20-2)8-11-5-3-4-6-13(11)17/h3-7,9,16,20H,8H2,1-2H3. The largest absolute Gasteiger partial charge is 0.313 e. The smallest absolute Gasteiger partial charge is 0.128 e. The first-order valence-electron chi connectivity index (χ1n) is 6.39. The van der Waals surface area contributed by atoms with Crippen LogP contribution in [0.25, 0.3) is 0 Å². The van der Waals surface area contributed by atoms with Crippen molar-refractivity contribution in [3.8, 4) is 0 Å². The van der Waals surface area contributed by atoms with Gasteiger partial charge in [-0.1, -0.05) is 18.2 Å². The van der Waals surface area contributed by atoms with Crippen LogP contribution in [0.5, 0.6) is 0 Å². The summed E-state index contributed by atoms with van der Waals surface area (Å²) in [6, 6.07) is 8.16. The van der Waals surface area contributed by atoms with Gasteiger partial charge in [-0.2, -0.15) is 0 Å². The van der Waals surface area contributed by atoms with E-state index in [1.807, 2.05) is 0 Å². The topological polar surface area (TPSA) is 12.0 Å². The van der Waals surface area contributed by atoms with E-state index < -0.39 is 17.7 Å². The second kappa shape index (κ2) is 6.09. The minimum atomic E-state index is -0.486. The molecule has 1 nitrogen and oxygen atoms in total. The molecule has 1 unspecified atom stereocenters. The predicted molar refractivity (Wildman–Crippen MR) is 73.0 cm³/mol. The molecule has 0 fully saturated rings. The highest BCUT2D eigenvalue weighted by Gasteiger charge is 2.18. The van der Waals surface area contributed by atoms with Crippen molar-refractivity contribution in [1.82, 2.24) is 5.32 Å². The average Bonchev–Trinajstić information content (AvgIpc) is 2.42. The first-order chi connectivity index (χ1) is 9.52. The molecule has 2 aromatic carbocycles. The molecule has 0 saturated heterocycles. The molecule has 2 aromatic rings. The van der Waals surface area contributed by atoms with Gasteiger partial charge in [0.1, 0.15) is 17.5 Å². The third-order valence-corrected chi connectivity index (χ3v) is 3.38. The average molecular weight is 279 g/mol. The highest BCUT2D eigenvalue weighted by Crippen LogP contribution is 2.24. The molecule has 0 aromatic heterocycles. The molecule has 2 rings (SSSR count). The molecule has 0 saturated carbocycles. The second-order valence-corrected chi connectivity index (χ2v) is 4.76. The molecule has 0 aliphatic carbocycles. The number of hydrogen-bond acceptors (Lipinski definition) is 1. The summed E-state index contributed by atoms with van der Waals surface area (Å²) in [5.74, 6) is -1.30. The maximum Gasteiger partial charge on any atom is 0.128 e. The van der Waals surface area contributed by atoms with Gasteiger partial charge in [0.05, 0.1) is 0 Å². The van der Waals surface area contributed by atoms with Gasteiger partial charge in [0.25, 0.3) is 0 Å². The normalized spacial score (nSPS) is 12.4. The van der Waals surface area contributed by atoms with Gasteiger partial charge in [0.15, 0.2) is 0 Å². The molecule has 106 valence electrons. The number of nitrogens with one attached hydrogen (secondary N) is 1. The zero-order valence-electron chi connectivity index (χ0n) is 11.4. The third kappa shape index (κ3) is 3.02. The molecule has 20 heavy (non-hydrogen) atoms. The number of hydrogen-bond donors (Lipinski definition) is 1. The Morgan fingerprint density at radius 2 is 1.70 bits per heavy atom. The van der Waals surface area contributed by atoms with E-state index in [9.17, 15) is 13.2 Å². The van der Waals surface area contributed by atoms with Crippen LogP contribution in [0.4, 0.5) is 13.2 Å². The molecule has 0 bridgehead atoms. The summed E-state index contributed by atoms with van der Waals surface area (Å²) >= 11 is 0. The molecule has 0 radical (unpaired) electrons. The Morgan fingerprint density at radius 3 is 2.35 bits per heavy atom. The molecule has 0 amide bonds. The monoisotopic (exact) mass is 279 g/mol. The summed E-state index contributed by atoms with van der Waals surface area (Å²) in [4.78, 5) is 0. The minimum absolute atomic E-state index is 0.207. The van der Waals surface area contributed by atoms with Gasteiger partial charge in [-0.05, 0) is 49.7 Å². The van der Waals surface area contributed by atoms with Crippen LogP contribution in [0.15, 0.2) is 36.4 Å². The van der Waals surface area contributed by atoms with Crippen LogP contribution in [0.2, 0.25) is 0 Å². The summed E-state index contributed by atoms with van der Waals surface area (Å²) in [7, 11) is 1.64. The maximum atomic E-state index is 14.0. The lowest BCUT2D eigenvalue weighted by atomic mass is 9.97. The molecule has 0 aliphatic rings.